The average molecular weight is 339 g/mol. The van der Waals surface area contributed by atoms with Crippen molar-refractivity contribution in [1.29, 1.82) is 5.16 Å². The number of hydrogen-bond donors (Lipinski definition) is 1. The Morgan fingerprint density at radius 3 is 1.62 bits per heavy atom. The molecule has 0 saturated carbocycles. The van der Waals surface area contributed by atoms with Crippen molar-refractivity contribution in [1.82, 2.24) is 0 Å². The molecule has 0 bridgehead atoms. The zero-order valence-electron chi connectivity index (χ0n) is 14.8. The van der Waals surface area contributed by atoms with Crippen LogP contribution in [0.25, 0.3) is 0 Å². The third-order valence-electron chi connectivity index (χ3n) is 4.74. The zero-order chi connectivity index (χ0) is 17.3. The largest absolute Gasteiger partial charge is 0.318 e. The third kappa shape index (κ3) is 2.78. The van der Waals surface area contributed by atoms with Crippen LogP contribution in [0.1, 0.15) is 24.5 Å². The van der Waals surface area contributed by atoms with Gasteiger partial charge in [0, 0.05) is 29.8 Å². The van der Waals surface area contributed by atoms with Gasteiger partial charge in [-0.1, -0.05) is 48.9 Å². The van der Waals surface area contributed by atoms with Gasteiger partial charge in [0.2, 0.25) is 0 Å². The second-order valence-corrected chi connectivity index (χ2v) is 9.24. The van der Waals surface area contributed by atoms with Gasteiger partial charge in [0.05, 0.1) is 0 Å². The summed E-state index contributed by atoms with van der Waals surface area (Å²) in [6, 6.07) is 17.1. The summed E-state index contributed by atoms with van der Waals surface area (Å²) in [6.45, 7) is 12.3. The second-order valence-electron chi connectivity index (χ2n) is 6.44. The van der Waals surface area contributed by atoms with Crippen molar-refractivity contribution in [3.8, 4) is 0 Å². The lowest BCUT2D eigenvalue weighted by Gasteiger charge is -2.37. The van der Waals surface area contributed by atoms with Gasteiger partial charge >= 0.3 is 0 Å². The lowest BCUT2D eigenvalue weighted by Crippen LogP contribution is -2.19. The molecule has 1 aliphatic heterocycles. The lowest BCUT2D eigenvalue weighted by molar-refractivity contribution is 1.02. The minimum absolute atomic E-state index is 0.835. The van der Waals surface area contributed by atoms with Gasteiger partial charge in [-0.25, -0.2) is 0 Å². The number of aryl methyl sites for hydroxylation is 2. The fraction of sp³-hybridized carbons (Fsp3) is 0.300. The number of nitrogens with one attached hydrogen (secondary N) is 1. The number of allylic oxidation sites excluding steroid dienone is 1. The van der Waals surface area contributed by atoms with Gasteiger partial charge in [-0.05, 0) is 44.5 Å². The van der Waals surface area contributed by atoms with Crippen LogP contribution in [0.2, 0.25) is 0 Å². The summed E-state index contributed by atoms with van der Waals surface area (Å²) in [4.78, 5) is 0. The van der Waals surface area contributed by atoms with Crippen molar-refractivity contribution in [2.24, 2.45) is 0 Å². The molecule has 126 valence electrons. The van der Waals surface area contributed by atoms with Crippen LogP contribution in [0, 0.1) is 19.0 Å². The predicted octanol–water partition coefficient (Wildman–Crippen LogP) is 6.16. The van der Waals surface area contributed by atoms with Crippen LogP contribution < -0.4 is 9.34 Å². The highest BCUT2D eigenvalue weighted by atomic mass is 31.2. The summed E-state index contributed by atoms with van der Waals surface area (Å²) in [6.07, 6.45) is 0.835. The molecule has 3 nitrogen and oxygen atoms in total. The van der Waals surface area contributed by atoms with Gasteiger partial charge in [-0.2, -0.15) is 0 Å². The van der Waals surface area contributed by atoms with Crippen molar-refractivity contribution in [3.63, 3.8) is 0 Å². The first-order valence-corrected chi connectivity index (χ1v) is 10.2. The van der Waals surface area contributed by atoms with E-state index in [2.05, 4.69) is 85.2 Å². The molecule has 1 aliphatic rings. The number of anilines is 2. The Kier molecular flexibility index (Phi) is 4.56. The highest BCUT2D eigenvalue weighted by Crippen LogP contribution is 2.66. The van der Waals surface area contributed by atoms with Gasteiger partial charge < -0.3 is 9.34 Å². The molecule has 0 aliphatic carbocycles. The monoisotopic (exact) mass is 339 g/mol. The Labute approximate surface area is 145 Å². The topological polar surface area (TPSA) is 30.3 Å². The molecule has 2 aromatic carbocycles. The van der Waals surface area contributed by atoms with E-state index in [0.717, 1.165) is 36.2 Å². The maximum absolute atomic E-state index is 9.45. The number of nitrogens with zero attached hydrogens (tertiary/aromatic N) is 2. The van der Waals surface area contributed by atoms with Crippen LogP contribution in [-0.4, -0.2) is 13.1 Å². The van der Waals surface area contributed by atoms with Crippen LogP contribution in [0.5, 0.6) is 0 Å². The molecule has 0 spiro atoms. The summed E-state index contributed by atoms with van der Waals surface area (Å²) < 4.78 is 4.55. The van der Waals surface area contributed by atoms with Crippen LogP contribution >= 0.6 is 7.36 Å². The summed E-state index contributed by atoms with van der Waals surface area (Å²) in [5, 5.41) is 10.5. The summed E-state index contributed by atoms with van der Waals surface area (Å²) in [5.74, 6) is 0. The Morgan fingerprint density at radius 2 is 1.29 bits per heavy atom. The predicted molar refractivity (Wildman–Crippen MR) is 106 cm³/mol. The van der Waals surface area contributed by atoms with Crippen molar-refractivity contribution in [2.75, 3.05) is 22.4 Å². The van der Waals surface area contributed by atoms with E-state index < -0.39 is 7.36 Å². The molecule has 1 heterocycles. The summed E-state index contributed by atoms with van der Waals surface area (Å²) >= 11 is 0. The Hall–Kier alpha value is -1.99. The fourth-order valence-corrected chi connectivity index (χ4v) is 6.27. The maximum atomic E-state index is 9.45. The molecule has 1 fully saturated rings. The van der Waals surface area contributed by atoms with Crippen LogP contribution in [0.15, 0.2) is 60.4 Å². The molecule has 0 aromatic heterocycles. The van der Waals surface area contributed by atoms with Gasteiger partial charge in [0.15, 0.2) is 7.36 Å². The molecule has 0 amide bonds. The average Bonchev–Trinajstić information content (AvgIpc) is 2.94. The molecule has 3 rings (SSSR count). The molecule has 0 unspecified atom stereocenters. The molecular formula is C20H26N3P. The Morgan fingerprint density at radius 1 is 0.917 bits per heavy atom. The number of benzene rings is 2. The van der Waals surface area contributed by atoms with Gasteiger partial charge in [-0.3, -0.25) is 5.16 Å². The molecule has 0 atom stereocenters. The fourth-order valence-electron chi connectivity index (χ4n) is 3.20. The van der Waals surface area contributed by atoms with E-state index in [4.69, 9.17) is 0 Å². The molecular weight excluding hydrogens is 313 g/mol. The van der Waals surface area contributed by atoms with Crippen molar-refractivity contribution >= 4 is 18.7 Å². The SMILES string of the molecule is C=C(CC)P1(=N)N(c2ccc(C)cc2)CCN1c1ccc(C)cc1. The quantitative estimate of drug-likeness (QED) is 0.676. The Balaban J connectivity index is 2.05. The van der Waals surface area contributed by atoms with Crippen molar-refractivity contribution < 1.29 is 0 Å². The normalized spacial score (nSPS) is 16.5. The van der Waals surface area contributed by atoms with E-state index in [0.29, 0.717) is 0 Å². The molecule has 24 heavy (non-hydrogen) atoms. The van der Waals surface area contributed by atoms with Gasteiger partial charge in [-0.15, -0.1) is 0 Å². The van der Waals surface area contributed by atoms with Gasteiger partial charge in [0.1, 0.15) is 0 Å². The first kappa shape index (κ1) is 16.9. The number of hydrogen-bond acceptors (Lipinski definition) is 1. The van der Waals surface area contributed by atoms with Crippen LogP contribution in [0.3, 0.4) is 0 Å². The molecule has 1 N–H and O–H groups in total. The van der Waals surface area contributed by atoms with Gasteiger partial charge in [0.25, 0.3) is 0 Å². The van der Waals surface area contributed by atoms with E-state index in [1.165, 1.54) is 11.1 Å². The van der Waals surface area contributed by atoms with E-state index in [1.807, 2.05) is 0 Å². The van der Waals surface area contributed by atoms with Crippen molar-refractivity contribution in [3.05, 3.63) is 71.6 Å². The minimum atomic E-state index is -2.38. The smallest absolute Gasteiger partial charge is 0.168 e. The van der Waals surface area contributed by atoms with E-state index in [-0.39, 0.29) is 0 Å². The van der Waals surface area contributed by atoms with Crippen molar-refractivity contribution in [2.45, 2.75) is 27.2 Å². The lowest BCUT2D eigenvalue weighted by atomic mass is 10.2. The molecule has 4 heteroatoms. The molecule has 2 aromatic rings. The van der Waals surface area contributed by atoms with E-state index in [9.17, 15) is 5.16 Å². The minimum Gasteiger partial charge on any atom is -0.318 e. The zero-order valence-corrected chi connectivity index (χ0v) is 15.7. The number of rotatable bonds is 4. The highest BCUT2D eigenvalue weighted by molar-refractivity contribution is 7.72. The maximum Gasteiger partial charge on any atom is 0.168 e. The third-order valence-corrected chi connectivity index (χ3v) is 8.19. The molecule has 0 radical (unpaired) electrons. The second kappa shape index (κ2) is 6.49. The Bertz CT molecular complexity index is 720. The van der Waals surface area contributed by atoms with E-state index >= 15 is 0 Å². The van der Waals surface area contributed by atoms with Crippen LogP contribution in [-0.2, 0) is 0 Å². The highest BCUT2D eigenvalue weighted by Gasteiger charge is 2.40. The summed E-state index contributed by atoms with van der Waals surface area (Å²) in [7, 11) is -2.38. The first-order chi connectivity index (χ1) is 11.5. The molecule has 1 saturated heterocycles. The van der Waals surface area contributed by atoms with E-state index in [1.54, 1.807) is 0 Å². The summed E-state index contributed by atoms with van der Waals surface area (Å²) in [5.41, 5.74) is 4.76. The van der Waals surface area contributed by atoms with Crippen LogP contribution in [0.4, 0.5) is 11.4 Å². The first-order valence-electron chi connectivity index (χ1n) is 8.48. The standard InChI is InChI=1S/C20H26N3P/c1-5-18(4)24(21)22(19-10-6-16(2)7-11-19)14-15-23(24)20-12-8-17(3)9-13-20/h6-13,21H,4-5,14-15H2,1-3H3.